The van der Waals surface area contributed by atoms with Crippen LogP contribution in [0.15, 0.2) is 53.4 Å². The molecule has 3 heterocycles. The number of hydrogen-bond donors (Lipinski definition) is 1. The van der Waals surface area contributed by atoms with Crippen LogP contribution in [0.1, 0.15) is 60.9 Å². The summed E-state index contributed by atoms with van der Waals surface area (Å²) in [5.74, 6) is 0.102. The highest BCUT2D eigenvalue weighted by atomic mass is 32.2. The number of piperidine rings is 1. The number of hydrogen-bond acceptors (Lipinski definition) is 5. The van der Waals surface area contributed by atoms with Crippen molar-refractivity contribution < 1.29 is 17.9 Å². The third-order valence-electron chi connectivity index (χ3n) is 7.67. The Morgan fingerprint density at radius 3 is 2.56 bits per heavy atom. The van der Waals surface area contributed by atoms with E-state index in [1.807, 2.05) is 18.2 Å². The lowest BCUT2D eigenvalue weighted by Crippen LogP contribution is -2.60. The molecule has 1 amide bonds. The summed E-state index contributed by atoms with van der Waals surface area (Å²) in [4.78, 5) is 16.2. The Balaban J connectivity index is 1.43. The fourth-order valence-electron chi connectivity index (χ4n) is 5.89. The minimum Gasteiger partial charge on any atom is -0.496 e. The number of methoxy groups -OCH3 is 1. The molecule has 0 aromatic heterocycles. The van der Waals surface area contributed by atoms with Gasteiger partial charge in [0.15, 0.2) is 0 Å². The van der Waals surface area contributed by atoms with Gasteiger partial charge in [0.05, 0.1) is 23.2 Å². The van der Waals surface area contributed by atoms with Gasteiger partial charge >= 0.3 is 0 Å². The predicted octanol–water partition coefficient (Wildman–Crippen LogP) is 3.75. The van der Waals surface area contributed by atoms with Crippen LogP contribution in [0.25, 0.3) is 0 Å². The first kappa shape index (κ1) is 23.3. The number of ether oxygens (including phenoxy) is 1. The van der Waals surface area contributed by atoms with Crippen molar-refractivity contribution in [2.45, 2.75) is 68.1 Å². The van der Waals surface area contributed by atoms with Gasteiger partial charge < -0.3 is 10.1 Å². The molecule has 8 heteroatoms. The second-order valence-electron chi connectivity index (χ2n) is 9.66. The summed E-state index contributed by atoms with van der Waals surface area (Å²) in [7, 11) is -2.12. The second-order valence-corrected chi connectivity index (χ2v) is 11.6. The molecule has 2 unspecified atom stereocenters. The molecular weight excluding hydrogens is 450 g/mol. The van der Waals surface area contributed by atoms with E-state index in [0.717, 1.165) is 51.5 Å². The second kappa shape index (κ2) is 9.32. The maximum Gasteiger partial charge on any atom is 0.256 e. The van der Waals surface area contributed by atoms with E-state index < -0.39 is 15.7 Å². The molecule has 0 aliphatic carbocycles. The van der Waals surface area contributed by atoms with Crippen LogP contribution >= 0.6 is 0 Å². The minimum atomic E-state index is -3.63. The van der Waals surface area contributed by atoms with Crippen LogP contribution in [-0.2, 0) is 16.6 Å². The fourth-order valence-corrected chi connectivity index (χ4v) is 7.44. The first-order chi connectivity index (χ1) is 16.4. The van der Waals surface area contributed by atoms with Crippen molar-refractivity contribution in [3.63, 3.8) is 0 Å². The maximum atomic E-state index is 13.6. The van der Waals surface area contributed by atoms with Crippen molar-refractivity contribution in [1.82, 2.24) is 14.5 Å². The molecule has 34 heavy (non-hydrogen) atoms. The molecule has 2 atom stereocenters. The number of carbonyl (C=O) groups is 1. The van der Waals surface area contributed by atoms with Crippen molar-refractivity contribution in [2.75, 3.05) is 20.2 Å². The van der Waals surface area contributed by atoms with Crippen LogP contribution < -0.4 is 10.1 Å². The highest BCUT2D eigenvalue weighted by Crippen LogP contribution is 2.43. The molecule has 3 saturated heterocycles. The molecule has 3 fully saturated rings. The van der Waals surface area contributed by atoms with Crippen LogP contribution in [0.3, 0.4) is 0 Å². The Bertz CT molecular complexity index is 1140. The zero-order chi connectivity index (χ0) is 23.8. The van der Waals surface area contributed by atoms with E-state index in [0.29, 0.717) is 24.9 Å². The lowest BCUT2D eigenvalue weighted by atomic mass is 9.95. The highest BCUT2D eigenvalue weighted by molar-refractivity contribution is 7.89. The highest BCUT2D eigenvalue weighted by Gasteiger charge is 2.49. The molecule has 1 N–H and O–H groups in total. The topological polar surface area (TPSA) is 79.0 Å². The number of benzene rings is 2. The number of sulfonamides is 1. The van der Waals surface area contributed by atoms with Crippen LogP contribution in [0.2, 0.25) is 0 Å². The van der Waals surface area contributed by atoms with Crippen molar-refractivity contribution in [3.05, 3.63) is 59.7 Å². The summed E-state index contributed by atoms with van der Waals surface area (Å²) in [6.45, 7) is 1.83. The van der Waals surface area contributed by atoms with Crippen LogP contribution in [0.4, 0.5) is 0 Å². The summed E-state index contributed by atoms with van der Waals surface area (Å²) >= 11 is 0. The van der Waals surface area contributed by atoms with E-state index in [1.54, 1.807) is 6.07 Å². The van der Waals surface area contributed by atoms with E-state index in [1.165, 1.54) is 29.1 Å². The Morgan fingerprint density at radius 2 is 1.82 bits per heavy atom. The predicted molar refractivity (Wildman–Crippen MR) is 130 cm³/mol. The van der Waals surface area contributed by atoms with E-state index >= 15 is 0 Å². The number of nitrogens with one attached hydrogen (secondary N) is 1. The zero-order valence-corrected chi connectivity index (χ0v) is 20.5. The summed E-state index contributed by atoms with van der Waals surface area (Å²) in [5.41, 5.74) is 1.07. The molecule has 2 aromatic carbocycles. The Labute approximate surface area is 202 Å². The standard InChI is InChI=1S/C26H33N3O4S/c1-33-24-12-11-22(34(31,32)28-16-5-6-17-28)18-23(24)25(30)27-26-14-7-10-21(13-15-26)29(26)19-20-8-3-2-4-9-20/h2-4,8-9,11-12,18,21H,5-7,10,13-17,19H2,1H3,(H,27,30). The summed E-state index contributed by atoms with van der Waals surface area (Å²) in [6.07, 6.45) is 6.76. The molecule has 5 rings (SSSR count). The summed E-state index contributed by atoms with van der Waals surface area (Å²) in [6, 6.07) is 15.4. The van der Waals surface area contributed by atoms with E-state index in [4.69, 9.17) is 4.74 Å². The molecular formula is C26H33N3O4S. The largest absolute Gasteiger partial charge is 0.496 e. The van der Waals surface area contributed by atoms with Gasteiger partial charge in [0.2, 0.25) is 10.0 Å². The van der Waals surface area contributed by atoms with E-state index in [-0.39, 0.29) is 16.4 Å². The van der Waals surface area contributed by atoms with E-state index in [9.17, 15) is 13.2 Å². The first-order valence-electron chi connectivity index (χ1n) is 12.2. The van der Waals surface area contributed by atoms with Gasteiger partial charge in [0.25, 0.3) is 5.91 Å². The van der Waals surface area contributed by atoms with Crippen LogP contribution in [-0.4, -0.2) is 55.4 Å². The van der Waals surface area contributed by atoms with Crippen LogP contribution in [0.5, 0.6) is 5.75 Å². The summed E-state index contributed by atoms with van der Waals surface area (Å²) < 4.78 is 33.2. The number of amides is 1. The third-order valence-corrected chi connectivity index (χ3v) is 9.56. The monoisotopic (exact) mass is 483 g/mol. The van der Waals surface area contributed by atoms with Gasteiger partial charge in [-0.2, -0.15) is 4.31 Å². The first-order valence-corrected chi connectivity index (χ1v) is 13.7. The van der Waals surface area contributed by atoms with Crippen molar-refractivity contribution >= 4 is 15.9 Å². The van der Waals surface area contributed by atoms with Gasteiger partial charge in [-0.1, -0.05) is 30.3 Å². The fraction of sp³-hybridized carbons (Fsp3) is 0.500. The van der Waals surface area contributed by atoms with Gasteiger partial charge in [-0.25, -0.2) is 8.42 Å². The quantitative estimate of drug-likeness (QED) is 0.649. The molecule has 3 aliphatic heterocycles. The van der Waals surface area contributed by atoms with E-state index in [2.05, 4.69) is 22.3 Å². The van der Waals surface area contributed by atoms with Gasteiger partial charge in [-0.05, 0) is 68.7 Å². The van der Waals surface area contributed by atoms with Gasteiger partial charge in [0, 0.05) is 25.7 Å². The molecule has 0 radical (unpaired) electrons. The normalized spacial score (nSPS) is 25.4. The third kappa shape index (κ3) is 4.23. The lowest BCUT2D eigenvalue weighted by molar-refractivity contribution is 0.0184. The minimum absolute atomic E-state index is 0.145. The van der Waals surface area contributed by atoms with Crippen molar-refractivity contribution in [2.24, 2.45) is 0 Å². The number of carbonyl (C=O) groups excluding carboxylic acids is 1. The van der Waals surface area contributed by atoms with Gasteiger partial charge in [-0.3, -0.25) is 9.69 Å². The molecule has 7 nitrogen and oxygen atoms in total. The Morgan fingerprint density at radius 1 is 1.06 bits per heavy atom. The summed E-state index contributed by atoms with van der Waals surface area (Å²) in [5, 5.41) is 3.33. The average molecular weight is 484 g/mol. The molecule has 182 valence electrons. The molecule has 2 aromatic rings. The Hall–Kier alpha value is -2.42. The van der Waals surface area contributed by atoms with Gasteiger partial charge in [-0.15, -0.1) is 0 Å². The number of nitrogens with zero attached hydrogens (tertiary/aromatic N) is 2. The average Bonchev–Trinajstić information content (AvgIpc) is 3.45. The maximum absolute atomic E-state index is 13.6. The SMILES string of the molecule is COc1ccc(S(=O)(=O)N2CCCC2)cc1C(=O)NC12CCCC(CC1)N2Cc1ccccc1. The smallest absolute Gasteiger partial charge is 0.256 e. The Kier molecular flexibility index (Phi) is 6.39. The molecule has 0 saturated carbocycles. The number of fused-ring (bicyclic) bond motifs is 2. The zero-order valence-electron chi connectivity index (χ0n) is 19.7. The lowest BCUT2D eigenvalue weighted by Gasteiger charge is -2.45. The molecule has 3 aliphatic rings. The molecule has 0 spiro atoms. The number of rotatable bonds is 7. The van der Waals surface area contributed by atoms with Crippen molar-refractivity contribution in [3.8, 4) is 5.75 Å². The van der Waals surface area contributed by atoms with Crippen molar-refractivity contribution in [1.29, 1.82) is 0 Å². The van der Waals surface area contributed by atoms with Gasteiger partial charge in [0.1, 0.15) is 5.75 Å². The van der Waals surface area contributed by atoms with Crippen LogP contribution in [0, 0.1) is 0 Å². The molecule has 2 bridgehead atoms.